The first-order chi connectivity index (χ1) is 15.8. The lowest BCUT2D eigenvalue weighted by molar-refractivity contribution is -0.152. The molecule has 0 spiro atoms. The summed E-state index contributed by atoms with van der Waals surface area (Å²) in [7, 11) is 0. The molecule has 0 bridgehead atoms. The maximum atomic E-state index is 12.7. The van der Waals surface area contributed by atoms with Crippen LogP contribution in [0.1, 0.15) is 54.4 Å². The first kappa shape index (κ1) is 28.2. The van der Waals surface area contributed by atoms with Crippen molar-refractivity contribution in [2.75, 3.05) is 23.3 Å². The average molecular weight is 515 g/mol. The number of nitrogens with zero attached hydrogens (tertiary/aromatic N) is 2. The number of ketones is 2. The van der Waals surface area contributed by atoms with Gasteiger partial charge in [-0.2, -0.15) is 0 Å². The van der Waals surface area contributed by atoms with Crippen molar-refractivity contribution < 1.29 is 28.8 Å². The van der Waals surface area contributed by atoms with Crippen molar-refractivity contribution >= 4 is 58.7 Å². The lowest BCUT2D eigenvalue weighted by Crippen LogP contribution is -2.58. The largest absolute Gasteiger partial charge is 0.314 e. The molecule has 0 aromatic rings. The van der Waals surface area contributed by atoms with Crippen LogP contribution in [0.3, 0.4) is 0 Å². The predicted octanol–water partition coefficient (Wildman–Crippen LogP) is 0.947. The first-order valence-corrected chi connectivity index (χ1v) is 13.6. The quantitative estimate of drug-likeness (QED) is 0.361. The van der Waals surface area contributed by atoms with E-state index < -0.39 is 58.1 Å². The van der Waals surface area contributed by atoms with Crippen LogP contribution in [0.25, 0.3) is 0 Å². The normalized spacial score (nSPS) is 20.8. The van der Waals surface area contributed by atoms with E-state index in [2.05, 4.69) is 10.9 Å². The second kappa shape index (κ2) is 11.1. The zero-order chi connectivity index (χ0) is 25.8. The molecule has 2 saturated heterocycles. The lowest BCUT2D eigenvalue weighted by Gasteiger charge is -2.28. The highest BCUT2D eigenvalue weighted by molar-refractivity contribution is 7.99. The van der Waals surface area contributed by atoms with Crippen molar-refractivity contribution in [3.8, 4) is 0 Å². The Morgan fingerprint density at radius 2 is 1.03 bits per heavy atom. The molecule has 2 heterocycles. The fourth-order valence-corrected chi connectivity index (χ4v) is 5.48. The minimum absolute atomic E-state index is 0.202. The molecule has 2 aliphatic heterocycles. The van der Waals surface area contributed by atoms with E-state index in [-0.39, 0.29) is 23.3 Å². The van der Waals surface area contributed by atoms with Gasteiger partial charge < -0.3 is 9.80 Å². The Labute approximate surface area is 208 Å². The molecule has 34 heavy (non-hydrogen) atoms. The minimum atomic E-state index is -0.906. The van der Waals surface area contributed by atoms with E-state index in [1.807, 2.05) is 13.8 Å². The van der Waals surface area contributed by atoms with E-state index in [0.29, 0.717) is 12.8 Å². The predicted molar refractivity (Wildman–Crippen MR) is 130 cm³/mol. The lowest BCUT2D eigenvalue weighted by atomic mass is 9.84. The zero-order valence-corrected chi connectivity index (χ0v) is 22.2. The smallest absolute Gasteiger partial charge is 0.291 e. The highest BCUT2D eigenvalue weighted by Gasteiger charge is 2.43. The maximum absolute atomic E-state index is 12.7. The maximum Gasteiger partial charge on any atom is 0.291 e. The fraction of sp³-hybridized carbons (Fsp3) is 0.727. The van der Waals surface area contributed by atoms with Crippen LogP contribution in [-0.2, 0) is 28.8 Å². The van der Waals surface area contributed by atoms with Gasteiger partial charge in [0.05, 0.1) is 11.8 Å². The van der Waals surface area contributed by atoms with Gasteiger partial charge in [-0.1, -0.05) is 41.5 Å². The molecule has 0 radical (unpaired) electrons. The van der Waals surface area contributed by atoms with Crippen LogP contribution in [-0.4, -0.2) is 80.3 Å². The molecule has 190 valence electrons. The molecule has 10 nitrogen and oxygen atoms in total. The summed E-state index contributed by atoms with van der Waals surface area (Å²) < 4.78 is 0. The summed E-state index contributed by atoms with van der Waals surface area (Å²) in [5, 5.41) is 0. The summed E-state index contributed by atoms with van der Waals surface area (Å²) in [5.41, 5.74) is 2.97. The number of hydrogen-bond donors (Lipinski definition) is 2. The molecular formula is C22H34N4O6S2. The number of nitrogens with one attached hydrogen (secondary N) is 2. The van der Waals surface area contributed by atoms with Crippen LogP contribution in [0.4, 0.5) is 0 Å². The molecule has 0 unspecified atom stereocenters. The number of thioether (sulfide) groups is 2. The summed E-state index contributed by atoms with van der Waals surface area (Å²) >= 11 is 2.68. The van der Waals surface area contributed by atoms with E-state index in [1.54, 1.807) is 27.7 Å². The number of carbonyl (C=O) groups is 6. The molecule has 0 saturated carbocycles. The Morgan fingerprint density at radius 1 is 0.706 bits per heavy atom. The third-order valence-corrected chi connectivity index (χ3v) is 8.61. The second-order valence-corrected chi connectivity index (χ2v) is 11.7. The van der Waals surface area contributed by atoms with Gasteiger partial charge in [0.25, 0.3) is 23.6 Å². The molecular weight excluding hydrogens is 480 g/mol. The van der Waals surface area contributed by atoms with Gasteiger partial charge in [0.2, 0.25) is 11.6 Å². The monoisotopic (exact) mass is 514 g/mol. The third-order valence-electron chi connectivity index (χ3n) is 6.59. The Hall–Kier alpha value is -2.08. The van der Waals surface area contributed by atoms with Crippen LogP contribution in [0.15, 0.2) is 0 Å². The molecule has 0 aliphatic carbocycles. The Bertz CT molecular complexity index is 805. The molecule has 12 heteroatoms. The Kier molecular flexibility index (Phi) is 9.20. The summed E-state index contributed by atoms with van der Waals surface area (Å²) in [5.74, 6) is -2.82. The van der Waals surface area contributed by atoms with Crippen molar-refractivity contribution in [2.45, 2.75) is 66.5 Å². The number of hydrogen-bond acceptors (Lipinski definition) is 8. The van der Waals surface area contributed by atoms with Gasteiger partial charge in [-0.3, -0.25) is 39.6 Å². The van der Waals surface area contributed by atoms with Gasteiger partial charge in [-0.25, -0.2) is 0 Å². The van der Waals surface area contributed by atoms with Gasteiger partial charge >= 0.3 is 0 Å². The Morgan fingerprint density at radius 3 is 1.32 bits per heavy atom. The van der Waals surface area contributed by atoms with E-state index in [4.69, 9.17) is 0 Å². The van der Waals surface area contributed by atoms with Crippen molar-refractivity contribution in [1.82, 2.24) is 20.7 Å². The van der Waals surface area contributed by atoms with Gasteiger partial charge in [0.15, 0.2) is 0 Å². The zero-order valence-electron chi connectivity index (χ0n) is 20.6. The topological polar surface area (TPSA) is 133 Å². The van der Waals surface area contributed by atoms with Crippen molar-refractivity contribution in [3.05, 3.63) is 0 Å². The van der Waals surface area contributed by atoms with Crippen LogP contribution < -0.4 is 10.9 Å². The molecule has 2 atom stereocenters. The number of amides is 4. The SMILES string of the molecule is CCC(C)(C)C(=O)C(=O)N1CSC[C@H]1C(=O)NNC(=O)[C@@H]1CSCN1C(=O)C(=O)C(C)(C)CC. The van der Waals surface area contributed by atoms with Crippen molar-refractivity contribution in [1.29, 1.82) is 0 Å². The van der Waals surface area contributed by atoms with E-state index in [1.165, 1.54) is 33.3 Å². The summed E-state index contributed by atoms with van der Waals surface area (Å²) in [6, 6.07) is -1.81. The number of hydrazine groups is 1. The van der Waals surface area contributed by atoms with Gasteiger partial charge in [-0.15, -0.1) is 23.5 Å². The van der Waals surface area contributed by atoms with Crippen LogP contribution in [0.2, 0.25) is 0 Å². The molecule has 0 aromatic heterocycles. The number of carbonyl (C=O) groups excluding carboxylic acids is 6. The van der Waals surface area contributed by atoms with Crippen LogP contribution >= 0.6 is 23.5 Å². The van der Waals surface area contributed by atoms with E-state index >= 15 is 0 Å². The van der Waals surface area contributed by atoms with E-state index in [0.717, 1.165) is 0 Å². The number of Topliss-reactive ketones (excluding diaryl/α,β-unsaturated/α-hetero) is 2. The van der Waals surface area contributed by atoms with E-state index in [9.17, 15) is 28.8 Å². The first-order valence-electron chi connectivity index (χ1n) is 11.2. The van der Waals surface area contributed by atoms with Gasteiger partial charge in [-0.05, 0) is 12.8 Å². The summed E-state index contributed by atoms with van der Waals surface area (Å²) in [6.07, 6.45) is 0.968. The van der Waals surface area contributed by atoms with Crippen LogP contribution in [0, 0.1) is 10.8 Å². The summed E-state index contributed by atoms with van der Waals surface area (Å²) in [4.78, 5) is 78.5. The highest BCUT2D eigenvalue weighted by atomic mass is 32.2. The van der Waals surface area contributed by atoms with Crippen LogP contribution in [0.5, 0.6) is 0 Å². The second-order valence-electron chi connectivity index (χ2n) is 9.69. The fourth-order valence-electron chi connectivity index (χ4n) is 3.17. The molecule has 2 N–H and O–H groups in total. The third kappa shape index (κ3) is 5.94. The van der Waals surface area contributed by atoms with Crippen molar-refractivity contribution in [2.24, 2.45) is 10.8 Å². The highest BCUT2D eigenvalue weighted by Crippen LogP contribution is 2.28. The molecule has 2 aliphatic rings. The minimum Gasteiger partial charge on any atom is -0.314 e. The standard InChI is InChI=1S/C22H34N4O6S2/c1-7-21(3,4)15(27)19(31)25-11-33-9-13(25)17(29)23-24-18(30)14-10-34-12-26(14)20(32)16(28)22(5,6)8-2/h13-14H,7-12H2,1-6H3,(H,23,29)(H,24,30)/t13-,14-/m0/s1. The molecule has 4 amide bonds. The average Bonchev–Trinajstić information content (AvgIpc) is 3.50. The van der Waals surface area contributed by atoms with Gasteiger partial charge in [0, 0.05) is 22.3 Å². The molecule has 2 fully saturated rings. The number of rotatable bonds is 8. The summed E-state index contributed by atoms with van der Waals surface area (Å²) in [6.45, 7) is 10.4. The Balaban J connectivity index is 2.00. The van der Waals surface area contributed by atoms with Crippen molar-refractivity contribution in [3.63, 3.8) is 0 Å². The molecule has 2 rings (SSSR count). The van der Waals surface area contributed by atoms with Gasteiger partial charge in [0.1, 0.15) is 12.1 Å². The molecule has 0 aromatic carbocycles.